The number of hydrogen-bond donors (Lipinski definition) is 3. The molecular formula is C19H23NO5. The summed E-state index contributed by atoms with van der Waals surface area (Å²) in [6.45, 7) is 3.49. The summed E-state index contributed by atoms with van der Waals surface area (Å²) in [4.78, 5) is 21.7. The van der Waals surface area contributed by atoms with Crippen molar-refractivity contribution in [2.24, 2.45) is 5.92 Å². The van der Waals surface area contributed by atoms with Crippen LogP contribution in [0.3, 0.4) is 0 Å². The van der Waals surface area contributed by atoms with Crippen LogP contribution >= 0.6 is 0 Å². The first kappa shape index (κ1) is 18.7. The Morgan fingerprint density at radius 1 is 1.16 bits per heavy atom. The highest BCUT2D eigenvalue weighted by molar-refractivity contribution is 5.89. The molecule has 0 spiro atoms. The molecule has 0 radical (unpaired) electrons. The van der Waals surface area contributed by atoms with Crippen LogP contribution in [0.4, 0.5) is 0 Å². The van der Waals surface area contributed by atoms with E-state index in [0.717, 1.165) is 18.9 Å². The molecule has 134 valence electrons. The molecule has 0 amide bonds. The lowest BCUT2D eigenvalue weighted by Gasteiger charge is -2.27. The first-order chi connectivity index (χ1) is 11.9. The molecule has 1 aliphatic heterocycles. The Labute approximate surface area is 146 Å². The summed E-state index contributed by atoms with van der Waals surface area (Å²) in [7, 11) is 0. The molecule has 3 N–H and O–H groups in total. The summed E-state index contributed by atoms with van der Waals surface area (Å²) in [5, 5.41) is 25.1. The topological polar surface area (TPSA) is 98.1 Å². The minimum Gasteiger partial charge on any atom is -0.508 e. The minimum atomic E-state index is -1.26. The van der Waals surface area contributed by atoms with E-state index in [-0.39, 0.29) is 0 Å². The van der Waals surface area contributed by atoms with E-state index in [0.29, 0.717) is 17.9 Å². The zero-order valence-corrected chi connectivity index (χ0v) is 14.0. The standard InChI is InChI=1S/C15H19NO.C4H4O4/c17-15-5-1-3-13(9-15)14-4-2-8-16(11-14)10-12-6-7-12;5-3(6)1-2-4(7)8/h1,3-5,9,12,17H,2,6-8,10-11H2;1-2H,(H,5,6)(H,7,8). The lowest BCUT2D eigenvalue weighted by atomic mass is 10.0. The van der Waals surface area contributed by atoms with Crippen LogP contribution in [0, 0.1) is 5.92 Å². The number of carbonyl (C=O) groups is 2. The molecule has 0 aromatic heterocycles. The van der Waals surface area contributed by atoms with Gasteiger partial charge in [0.15, 0.2) is 0 Å². The molecule has 3 rings (SSSR count). The number of carboxylic acids is 2. The van der Waals surface area contributed by atoms with E-state index < -0.39 is 11.9 Å². The van der Waals surface area contributed by atoms with Crippen LogP contribution in [0.15, 0.2) is 42.5 Å². The Bertz CT molecular complexity index is 660. The maximum atomic E-state index is 9.55. The van der Waals surface area contributed by atoms with Gasteiger partial charge in [-0.15, -0.1) is 0 Å². The van der Waals surface area contributed by atoms with Gasteiger partial charge in [-0.3, -0.25) is 4.90 Å². The molecule has 1 aromatic rings. The molecular weight excluding hydrogens is 322 g/mol. The van der Waals surface area contributed by atoms with Crippen molar-refractivity contribution in [2.45, 2.75) is 19.3 Å². The summed E-state index contributed by atoms with van der Waals surface area (Å²) in [5.41, 5.74) is 2.54. The van der Waals surface area contributed by atoms with Crippen molar-refractivity contribution in [1.29, 1.82) is 0 Å². The predicted octanol–water partition coefficient (Wildman–Crippen LogP) is 2.60. The summed E-state index contributed by atoms with van der Waals surface area (Å²) in [6, 6.07) is 7.61. The number of carboxylic acid groups (broad SMARTS) is 2. The quantitative estimate of drug-likeness (QED) is 0.710. The number of phenols is 1. The zero-order valence-electron chi connectivity index (χ0n) is 14.0. The van der Waals surface area contributed by atoms with Gasteiger partial charge in [0.2, 0.25) is 0 Å². The van der Waals surface area contributed by atoms with Crippen molar-refractivity contribution in [1.82, 2.24) is 4.90 Å². The summed E-state index contributed by atoms with van der Waals surface area (Å²) >= 11 is 0. The van der Waals surface area contributed by atoms with Gasteiger partial charge >= 0.3 is 11.9 Å². The number of aromatic hydroxyl groups is 1. The van der Waals surface area contributed by atoms with Crippen molar-refractivity contribution < 1.29 is 24.9 Å². The summed E-state index contributed by atoms with van der Waals surface area (Å²) < 4.78 is 0. The maximum absolute atomic E-state index is 9.55. The van der Waals surface area contributed by atoms with E-state index in [1.807, 2.05) is 12.1 Å². The Morgan fingerprint density at radius 2 is 1.84 bits per heavy atom. The molecule has 2 aliphatic rings. The van der Waals surface area contributed by atoms with Gasteiger partial charge in [-0.1, -0.05) is 18.2 Å². The molecule has 1 heterocycles. The van der Waals surface area contributed by atoms with E-state index in [1.54, 1.807) is 6.07 Å². The first-order valence-corrected chi connectivity index (χ1v) is 8.29. The number of hydrogen-bond acceptors (Lipinski definition) is 4. The molecule has 0 atom stereocenters. The van der Waals surface area contributed by atoms with Gasteiger partial charge in [0.05, 0.1) is 0 Å². The highest BCUT2D eigenvalue weighted by Crippen LogP contribution is 2.31. The zero-order chi connectivity index (χ0) is 18.2. The number of rotatable bonds is 5. The fourth-order valence-electron chi connectivity index (χ4n) is 2.68. The fourth-order valence-corrected chi connectivity index (χ4v) is 2.68. The molecule has 0 unspecified atom stereocenters. The molecule has 1 aliphatic carbocycles. The van der Waals surface area contributed by atoms with Gasteiger partial charge in [0, 0.05) is 31.8 Å². The highest BCUT2D eigenvalue weighted by Gasteiger charge is 2.25. The Kier molecular flexibility index (Phi) is 6.77. The molecule has 6 heteroatoms. The van der Waals surface area contributed by atoms with Gasteiger partial charge in [0.1, 0.15) is 5.75 Å². The Morgan fingerprint density at radius 3 is 2.40 bits per heavy atom. The minimum absolute atomic E-state index is 0.364. The average molecular weight is 345 g/mol. The van der Waals surface area contributed by atoms with Crippen molar-refractivity contribution in [3.05, 3.63) is 48.1 Å². The largest absolute Gasteiger partial charge is 0.508 e. The first-order valence-electron chi connectivity index (χ1n) is 8.29. The van der Waals surface area contributed by atoms with Crippen LogP contribution in [-0.4, -0.2) is 51.8 Å². The number of nitrogens with zero attached hydrogens (tertiary/aromatic N) is 1. The van der Waals surface area contributed by atoms with E-state index in [9.17, 15) is 14.7 Å². The third-order valence-corrected chi connectivity index (χ3v) is 4.03. The second-order valence-corrected chi connectivity index (χ2v) is 6.26. The number of phenolic OH excluding ortho intramolecular Hbond substituents is 1. The van der Waals surface area contributed by atoms with Crippen molar-refractivity contribution in [3.8, 4) is 5.75 Å². The van der Waals surface area contributed by atoms with Gasteiger partial charge in [-0.25, -0.2) is 9.59 Å². The smallest absolute Gasteiger partial charge is 0.328 e. The van der Waals surface area contributed by atoms with Crippen LogP contribution < -0.4 is 0 Å². The lowest BCUT2D eigenvalue weighted by molar-refractivity contribution is -0.134. The van der Waals surface area contributed by atoms with Crippen LogP contribution in [-0.2, 0) is 9.59 Å². The van der Waals surface area contributed by atoms with Gasteiger partial charge in [-0.2, -0.15) is 0 Å². The Balaban J connectivity index is 0.000000242. The SMILES string of the molecule is O=C(O)C=CC(=O)O.Oc1cccc(C2=CCCN(CC3CC3)C2)c1. The predicted molar refractivity (Wildman–Crippen MR) is 94.3 cm³/mol. The van der Waals surface area contributed by atoms with Gasteiger partial charge in [0.25, 0.3) is 0 Å². The lowest BCUT2D eigenvalue weighted by Crippen LogP contribution is -2.31. The fraction of sp³-hybridized carbons (Fsp3) is 0.368. The summed E-state index contributed by atoms with van der Waals surface area (Å²) in [6.07, 6.45) is 7.41. The van der Waals surface area contributed by atoms with Crippen LogP contribution in [0.1, 0.15) is 24.8 Å². The molecule has 1 fully saturated rings. The van der Waals surface area contributed by atoms with E-state index in [2.05, 4.69) is 17.0 Å². The molecule has 6 nitrogen and oxygen atoms in total. The highest BCUT2D eigenvalue weighted by atomic mass is 16.4. The van der Waals surface area contributed by atoms with Crippen LogP contribution in [0.25, 0.3) is 5.57 Å². The normalized spacial score (nSPS) is 17.5. The van der Waals surface area contributed by atoms with Gasteiger partial charge < -0.3 is 15.3 Å². The van der Waals surface area contributed by atoms with Gasteiger partial charge in [-0.05, 0) is 48.4 Å². The molecule has 1 saturated carbocycles. The summed E-state index contributed by atoms with van der Waals surface area (Å²) in [5.74, 6) is -1.19. The van der Waals surface area contributed by atoms with Crippen LogP contribution in [0.2, 0.25) is 0 Å². The number of benzene rings is 1. The second kappa shape index (κ2) is 9.03. The number of aliphatic carboxylic acids is 2. The van der Waals surface area contributed by atoms with Crippen molar-refractivity contribution >= 4 is 17.5 Å². The third kappa shape index (κ3) is 7.22. The third-order valence-electron chi connectivity index (χ3n) is 4.03. The van der Waals surface area contributed by atoms with E-state index >= 15 is 0 Å². The van der Waals surface area contributed by atoms with E-state index in [1.165, 1.54) is 37.1 Å². The van der Waals surface area contributed by atoms with E-state index in [4.69, 9.17) is 10.2 Å². The van der Waals surface area contributed by atoms with Crippen LogP contribution in [0.5, 0.6) is 5.75 Å². The molecule has 25 heavy (non-hydrogen) atoms. The molecule has 0 saturated heterocycles. The van der Waals surface area contributed by atoms with Crippen molar-refractivity contribution in [2.75, 3.05) is 19.6 Å². The maximum Gasteiger partial charge on any atom is 0.328 e. The van der Waals surface area contributed by atoms with Crippen molar-refractivity contribution in [3.63, 3.8) is 0 Å². The monoisotopic (exact) mass is 345 g/mol. The Hall–Kier alpha value is -2.60. The molecule has 1 aromatic carbocycles. The second-order valence-electron chi connectivity index (χ2n) is 6.26. The molecule has 0 bridgehead atoms. The average Bonchev–Trinajstić information content (AvgIpc) is 3.38.